The summed E-state index contributed by atoms with van der Waals surface area (Å²) in [6, 6.07) is 12.7. The number of hydrogen-bond acceptors (Lipinski definition) is 2. The minimum Gasteiger partial charge on any atom is -0.348 e. The van der Waals surface area contributed by atoms with Crippen molar-refractivity contribution >= 4 is 29.1 Å². The van der Waals surface area contributed by atoms with Crippen LogP contribution in [0.2, 0.25) is 5.02 Å². The van der Waals surface area contributed by atoms with Crippen molar-refractivity contribution < 1.29 is 9.59 Å². The first-order valence-corrected chi connectivity index (χ1v) is 8.14. The average Bonchev–Trinajstić information content (AvgIpc) is 2.73. The number of likely N-dealkylation sites (N-methyl/N-ethyl adjacent to an activating group) is 1. The molecular weight excluding hydrogens is 324 g/mol. The number of nitrogens with one attached hydrogen (secondary N) is 1. The Hall–Kier alpha value is -2.33. The molecule has 0 unspecified atom stereocenters. The van der Waals surface area contributed by atoms with Crippen LogP contribution in [0.5, 0.6) is 0 Å². The zero-order valence-corrected chi connectivity index (χ0v) is 14.6. The second kappa shape index (κ2) is 5.95. The Kier molecular flexibility index (Phi) is 4.10. The number of carbonyl (C=O) groups excluding carboxylic acids is 2. The van der Waals surface area contributed by atoms with Crippen molar-refractivity contribution in [1.82, 2.24) is 5.32 Å². The number of anilines is 1. The number of hydrogen-bond donors (Lipinski definition) is 1. The summed E-state index contributed by atoms with van der Waals surface area (Å²) in [6.07, 6.45) is 0. The maximum Gasteiger partial charge on any atom is 0.251 e. The van der Waals surface area contributed by atoms with E-state index in [1.54, 1.807) is 36.2 Å². The van der Waals surface area contributed by atoms with Gasteiger partial charge in [0, 0.05) is 29.9 Å². The predicted molar refractivity (Wildman–Crippen MR) is 95.5 cm³/mol. The highest BCUT2D eigenvalue weighted by Crippen LogP contribution is 2.40. The smallest absolute Gasteiger partial charge is 0.251 e. The number of amides is 2. The minimum atomic E-state index is -0.545. The molecule has 0 aliphatic carbocycles. The van der Waals surface area contributed by atoms with E-state index < -0.39 is 5.41 Å². The SMILES string of the molecule is CN1C(=O)C(C)(C)c2cc(CNC(=O)c3cccc(Cl)c3)ccc21. The van der Waals surface area contributed by atoms with E-state index >= 15 is 0 Å². The van der Waals surface area contributed by atoms with Gasteiger partial charge in [-0.2, -0.15) is 0 Å². The molecule has 1 heterocycles. The molecule has 1 N–H and O–H groups in total. The summed E-state index contributed by atoms with van der Waals surface area (Å²) in [5.41, 5.74) is 2.86. The third-order valence-electron chi connectivity index (χ3n) is 4.47. The molecule has 2 amide bonds. The van der Waals surface area contributed by atoms with Crippen molar-refractivity contribution in [1.29, 1.82) is 0 Å². The topological polar surface area (TPSA) is 49.4 Å². The van der Waals surface area contributed by atoms with Crippen LogP contribution in [0.3, 0.4) is 0 Å². The lowest BCUT2D eigenvalue weighted by Crippen LogP contribution is -2.33. The van der Waals surface area contributed by atoms with Crippen LogP contribution in [0, 0.1) is 0 Å². The van der Waals surface area contributed by atoms with Gasteiger partial charge >= 0.3 is 0 Å². The molecule has 5 heteroatoms. The first-order valence-electron chi connectivity index (χ1n) is 7.76. The molecule has 4 nitrogen and oxygen atoms in total. The van der Waals surface area contributed by atoms with Gasteiger partial charge in [0.15, 0.2) is 0 Å². The number of rotatable bonds is 3. The van der Waals surface area contributed by atoms with Gasteiger partial charge in [-0.25, -0.2) is 0 Å². The largest absolute Gasteiger partial charge is 0.348 e. The first-order chi connectivity index (χ1) is 11.3. The number of carbonyl (C=O) groups is 2. The van der Waals surface area contributed by atoms with Gasteiger partial charge in [0.05, 0.1) is 5.41 Å². The van der Waals surface area contributed by atoms with E-state index in [1.807, 2.05) is 32.0 Å². The van der Waals surface area contributed by atoms with E-state index in [1.165, 1.54) is 0 Å². The van der Waals surface area contributed by atoms with Crippen molar-refractivity contribution in [2.24, 2.45) is 0 Å². The highest BCUT2D eigenvalue weighted by Gasteiger charge is 2.42. The standard InChI is InChI=1S/C19H19ClN2O2/c1-19(2)15-9-12(7-8-16(15)22(3)18(19)24)11-21-17(23)13-5-4-6-14(20)10-13/h4-10H,11H2,1-3H3,(H,21,23). The number of benzene rings is 2. The molecule has 0 spiro atoms. The highest BCUT2D eigenvalue weighted by molar-refractivity contribution is 6.30. The van der Waals surface area contributed by atoms with Gasteiger partial charge in [0.1, 0.15) is 0 Å². The number of nitrogens with zero attached hydrogens (tertiary/aromatic N) is 1. The summed E-state index contributed by atoms with van der Waals surface area (Å²) in [6.45, 7) is 4.24. The average molecular weight is 343 g/mol. The van der Waals surface area contributed by atoms with E-state index in [-0.39, 0.29) is 11.8 Å². The van der Waals surface area contributed by atoms with Crippen LogP contribution < -0.4 is 10.2 Å². The second-order valence-corrected chi connectivity index (χ2v) is 6.97. The summed E-state index contributed by atoms with van der Waals surface area (Å²) >= 11 is 5.91. The fourth-order valence-electron chi connectivity index (χ4n) is 3.04. The Morgan fingerprint density at radius 2 is 1.96 bits per heavy atom. The Morgan fingerprint density at radius 3 is 2.67 bits per heavy atom. The molecule has 1 aliphatic heterocycles. The zero-order valence-electron chi connectivity index (χ0n) is 13.9. The molecular formula is C19H19ClN2O2. The quantitative estimate of drug-likeness (QED) is 0.927. The Balaban J connectivity index is 1.77. The van der Waals surface area contributed by atoms with Gasteiger partial charge in [-0.1, -0.05) is 29.8 Å². The maximum absolute atomic E-state index is 12.3. The molecule has 1 aliphatic rings. The maximum atomic E-state index is 12.3. The van der Waals surface area contributed by atoms with Crippen LogP contribution in [-0.2, 0) is 16.8 Å². The summed E-state index contributed by atoms with van der Waals surface area (Å²) in [5.74, 6) is -0.0944. The normalized spacial score (nSPS) is 15.3. The van der Waals surface area contributed by atoms with Crippen molar-refractivity contribution in [3.05, 3.63) is 64.2 Å². The van der Waals surface area contributed by atoms with Crippen LogP contribution in [0.4, 0.5) is 5.69 Å². The third-order valence-corrected chi connectivity index (χ3v) is 4.71. The zero-order chi connectivity index (χ0) is 17.5. The Labute approximate surface area is 146 Å². The molecule has 0 saturated carbocycles. The fraction of sp³-hybridized carbons (Fsp3) is 0.263. The molecule has 0 bridgehead atoms. The lowest BCUT2D eigenvalue weighted by molar-refractivity contribution is -0.121. The molecule has 0 fully saturated rings. The highest BCUT2D eigenvalue weighted by atomic mass is 35.5. The van der Waals surface area contributed by atoms with Crippen LogP contribution in [-0.4, -0.2) is 18.9 Å². The van der Waals surface area contributed by atoms with Gasteiger partial charge in [0.25, 0.3) is 5.91 Å². The second-order valence-electron chi connectivity index (χ2n) is 6.53. The summed E-state index contributed by atoms with van der Waals surface area (Å²) in [4.78, 5) is 26.2. The van der Waals surface area contributed by atoms with Gasteiger partial charge < -0.3 is 10.2 Å². The first kappa shape index (κ1) is 16.5. The van der Waals surface area contributed by atoms with Gasteiger partial charge in [0.2, 0.25) is 5.91 Å². The summed E-state index contributed by atoms with van der Waals surface area (Å²) in [5, 5.41) is 3.42. The third kappa shape index (κ3) is 2.78. The van der Waals surface area contributed by atoms with Crippen molar-refractivity contribution in [2.75, 3.05) is 11.9 Å². The molecule has 0 aromatic heterocycles. The summed E-state index contributed by atoms with van der Waals surface area (Å²) in [7, 11) is 1.79. The van der Waals surface area contributed by atoms with Crippen LogP contribution in [0.1, 0.15) is 35.3 Å². The van der Waals surface area contributed by atoms with Crippen molar-refractivity contribution in [2.45, 2.75) is 25.8 Å². The van der Waals surface area contributed by atoms with Crippen LogP contribution >= 0.6 is 11.6 Å². The molecule has 2 aromatic rings. The lowest BCUT2D eigenvalue weighted by atomic mass is 9.85. The molecule has 0 atom stereocenters. The Morgan fingerprint density at radius 1 is 1.21 bits per heavy atom. The lowest BCUT2D eigenvalue weighted by Gasteiger charge is -2.16. The number of halogens is 1. The van der Waals surface area contributed by atoms with E-state index in [2.05, 4.69) is 5.32 Å². The van der Waals surface area contributed by atoms with Gasteiger partial charge in [-0.15, -0.1) is 0 Å². The van der Waals surface area contributed by atoms with Crippen molar-refractivity contribution in [3.8, 4) is 0 Å². The molecule has 3 rings (SSSR count). The summed E-state index contributed by atoms with van der Waals surface area (Å²) < 4.78 is 0. The monoisotopic (exact) mass is 342 g/mol. The fourth-order valence-corrected chi connectivity index (χ4v) is 3.23. The molecule has 2 aromatic carbocycles. The van der Waals surface area contributed by atoms with Crippen LogP contribution in [0.15, 0.2) is 42.5 Å². The molecule has 0 radical (unpaired) electrons. The van der Waals surface area contributed by atoms with E-state index in [4.69, 9.17) is 11.6 Å². The van der Waals surface area contributed by atoms with Gasteiger partial charge in [-0.05, 0) is 49.2 Å². The number of fused-ring (bicyclic) bond motifs is 1. The Bertz CT molecular complexity index is 830. The van der Waals surface area contributed by atoms with Crippen LogP contribution in [0.25, 0.3) is 0 Å². The molecule has 124 valence electrons. The minimum absolute atomic E-state index is 0.0811. The van der Waals surface area contributed by atoms with E-state index in [0.29, 0.717) is 17.1 Å². The van der Waals surface area contributed by atoms with Gasteiger partial charge in [-0.3, -0.25) is 9.59 Å². The van der Waals surface area contributed by atoms with Crippen molar-refractivity contribution in [3.63, 3.8) is 0 Å². The predicted octanol–water partition coefficient (Wildman–Crippen LogP) is 3.52. The molecule has 24 heavy (non-hydrogen) atoms. The van der Waals surface area contributed by atoms with E-state index in [9.17, 15) is 9.59 Å². The van der Waals surface area contributed by atoms with E-state index in [0.717, 1.165) is 16.8 Å². The molecule has 0 saturated heterocycles.